The van der Waals surface area contributed by atoms with Gasteiger partial charge in [0.2, 0.25) is 0 Å². The quantitative estimate of drug-likeness (QED) is 0.220. The van der Waals surface area contributed by atoms with Gasteiger partial charge in [0.15, 0.2) is 0 Å². The largest absolute Gasteiger partial charge is 0.507 e. The van der Waals surface area contributed by atoms with Crippen LogP contribution in [-0.2, 0) is 16.0 Å². The van der Waals surface area contributed by atoms with Crippen molar-refractivity contribution < 1.29 is 24.2 Å². The van der Waals surface area contributed by atoms with Gasteiger partial charge in [-0.2, -0.15) is 0 Å². The van der Waals surface area contributed by atoms with E-state index in [2.05, 4.69) is 0 Å². The molecule has 1 saturated heterocycles. The minimum atomic E-state index is -0.860. The summed E-state index contributed by atoms with van der Waals surface area (Å²) in [5.41, 5.74) is 2.49. The Morgan fingerprint density at radius 2 is 1.78 bits per heavy atom. The van der Waals surface area contributed by atoms with Crippen LogP contribution in [0.4, 0.5) is 5.69 Å². The zero-order valence-electron chi connectivity index (χ0n) is 20.5. The molecule has 3 aromatic carbocycles. The molecular weight excluding hydrogens is 478 g/mol. The molecule has 4 rings (SSSR count). The first-order valence-electron chi connectivity index (χ1n) is 11.9. The molecule has 1 N–H and O–H groups in total. The van der Waals surface area contributed by atoms with Crippen molar-refractivity contribution in [2.75, 3.05) is 18.6 Å². The average molecular weight is 506 g/mol. The molecule has 0 spiro atoms. The number of hydrogen-bond acceptors (Lipinski definition) is 5. The molecule has 0 bridgehead atoms. The summed E-state index contributed by atoms with van der Waals surface area (Å²) < 4.78 is 11.2. The zero-order valence-corrected chi connectivity index (χ0v) is 21.2. The molecule has 1 unspecified atom stereocenters. The number of ether oxygens (including phenoxy) is 2. The third-order valence-electron chi connectivity index (χ3n) is 6.13. The van der Waals surface area contributed by atoms with Gasteiger partial charge in [0.1, 0.15) is 17.3 Å². The number of aliphatic hydroxyl groups is 1. The lowest BCUT2D eigenvalue weighted by Gasteiger charge is -2.26. The highest BCUT2D eigenvalue weighted by atomic mass is 35.5. The third-order valence-corrected chi connectivity index (χ3v) is 6.37. The molecule has 0 saturated carbocycles. The van der Waals surface area contributed by atoms with Crippen LogP contribution in [0.5, 0.6) is 11.5 Å². The van der Waals surface area contributed by atoms with E-state index in [4.69, 9.17) is 21.1 Å². The summed E-state index contributed by atoms with van der Waals surface area (Å²) in [5.74, 6) is -0.960. The highest BCUT2D eigenvalue weighted by molar-refractivity contribution is 6.51. The van der Waals surface area contributed by atoms with Crippen molar-refractivity contribution in [3.05, 3.63) is 94.0 Å². The van der Waals surface area contributed by atoms with Crippen LogP contribution in [0, 0.1) is 0 Å². The van der Waals surface area contributed by atoms with Crippen LogP contribution in [0.2, 0.25) is 5.02 Å². The minimum absolute atomic E-state index is 0.0373. The van der Waals surface area contributed by atoms with Crippen molar-refractivity contribution in [2.45, 2.75) is 32.7 Å². The van der Waals surface area contributed by atoms with Gasteiger partial charge in [-0.1, -0.05) is 55.8 Å². The van der Waals surface area contributed by atoms with E-state index in [1.807, 2.05) is 38.1 Å². The van der Waals surface area contributed by atoms with Gasteiger partial charge in [-0.25, -0.2) is 0 Å². The summed E-state index contributed by atoms with van der Waals surface area (Å²) in [6.45, 7) is 4.58. The van der Waals surface area contributed by atoms with Crippen LogP contribution in [-0.4, -0.2) is 30.5 Å². The van der Waals surface area contributed by atoms with Crippen LogP contribution in [0.3, 0.4) is 0 Å². The number of Topliss-reactive ketones (excluding diaryl/α,β-unsaturated/α-hetero) is 1. The maximum atomic E-state index is 13.4. The van der Waals surface area contributed by atoms with Gasteiger partial charge in [0.05, 0.1) is 30.9 Å². The number of aliphatic hydroxyl groups excluding tert-OH is 1. The Morgan fingerprint density at radius 1 is 1.03 bits per heavy atom. The van der Waals surface area contributed by atoms with Gasteiger partial charge in [0.25, 0.3) is 11.7 Å². The third kappa shape index (κ3) is 4.82. The number of benzene rings is 3. The topological polar surface area (TPSA) is 76.1 Å². The highest BCUT2D eigenvalue weighted by Crippen LogP contribution is 2.44. The van der Waals surface area contributed by atoms with Gasteiger partial charge < -0.3 is 14.6 Å². The lowest BCUT2D eigenvalue weighted by atomic mass is 9.94. The minimum Gasteiger partial charge on any atom is -0.507 e. The Bertz CT molecular complexity index is 1320. The van der Waals surface area contributed by atoms with Crippen LogP contribution in [0.1, 0.15) is 43.0 Å². The van der Waals surface area contributed by atoms with Gasteiger partial charge in [-0.3, -0.25) is 14.5 Å². The monoisotopic (exact) mass is 505 g/mol. The van der Waals surface area contributed by atoms with Gasteiger partial charge in [-0.05, 0) is 54.3 Å². The Labute approximate surface area is 215 Å². The van der Waals surface area contributed by atoms with Gasteiger partial charge in [-0.15, -0.1) is 0 Å². The normalized spacial score (nSPS) is 16.9. The number of nitrogens with zero attached hydrogens (tertiary/aromatic N) is 1. The summed E-state index contributed by atoms with van der Waals surface area (Å²) in [4.78, 5) is 28.3. The molecule has 186 valence electrons. The molecule has 7 heteroatoms. The van der Waals surface area contributed by atoms with E-state index in [0.717, 1.165) is 18.4 Å². The Hall–Kier alpha value is -3.77. The van der Waals surface area contributed by atoms with Crippen molar-refractivity contribution in [2.24, 2.45) is 0 Å². The first kappa shape index (κ1) is 25.3. The molecule has 36 heavy (non-hydrogen) atoms. The molecular formula is C29H28ClNO5. The highest BCUT2D eigenvalue weighted by Gasteiger charge is 2.47. The summed E-state index contributed by atoms with van der Waals surface area (Å²) in [5, 5.41) is 11.8. The summed E-state index contributed by atoms with van der Waals surface area (Å²) in [6.07, 6.45) is 1.68. The van der Waals surface area contributed by atoms with E-state index in [1.165, 1.54) is 18.1 Å². The second-order valence-electron chi connectivity index (χ2n) is 8.45. The molecule has 3 aromatic rings. The maximum Gasteiger partial charge on any atom is 0.300 e. The second-order valence-corrected chi connectivity index (χ2v) is 8.89. The van der Waals surface area contributed by atoms with E-state index >= 15 is 0 Å². The van der Waals surface area contributed by atoms with E-state index in [1.54, 1.807) is 36.4 Å². The first-order chi connectivity index (χ1) is 17.4. The summed E-state index contributed by atoms with van der Waals surface area (Å²) in [6, 6.07) is 18.6. The van der Waals surface area contributed by atoms with Crippen LogP contribution >= 0.6 is 11.6 Å². The lowest BCUT2D eigenvalue weighted by molar-refractivity contribution is -0.132. The summed E-state index contributed by atoms with van der Waals surface area (Å²) >= 11 is 6.19. The van der Waals surface area contributed by atoms with Crippen LogP contribution < -0.4 is 14.4 Å². The number of aryl methyl sites for hydroxylation is 1. The van der Waals surface area contributed by atoms with Crippen molar-refractivity contribution >= 4 is 34.7 Å². The molecule has 0 aliphatic carbocycles. The lowest BCUT2D eigenvalue weighted by Crippen LogP contribution is -2.29. The van der Waals surface area contributed by atoms with Crippen molar-refractivity contribution in [1.29, 1.82) is 0 Å². The fourth-order valence-corrected chi connectivity index (χ4v) is 4.48. The number of methoxy groups -OCH3 is 1. The number of hydrogen-bond donors (Lipinski definition) is 1. The molecule has 1 aliphatic heterocycles. The average Bonchev–Trinajstić information content (AvgIpc) is 3.17. The number of carbonyl (C=O) groups excluding carboxylic acids is 2. The smallest absolute Gasteiger partial charge is 0.300 e. The van der Waals surface area contributed by atoms with E-state index in [0.29, 0.717) is 34.4 Å². The molecule has 0 aromatic heterocycles. The predicted octanol–water partition coefficient (Wildman–Crippen LogP) is 6.33. The van der Waals surface area contributed by atoms with E-state index < -0.39 is 17.7 Å². The molecule has 1 fully saturated rings. The number of rotatable bonds is 8. The number of anilines is 1. The van der Waals surface area contributed by atoms with Crippen LogP contribution in [0.25, 0.3) is 5.76 Å². The van der Waals surface area contributed by atoms with Crippen molar-refractivity contribution in [3.63, 3.8) is 0 Å². The predicted molar refractivity (Wildman–Crippen MR) is 141 cm³/mol. The Morgan fingerprint density at radius 3 is 2.44 bits per heavy atom. The SMILES string of the molecule is CCCOc1cccc(N2C(=O)C(=O)/C(=C(/O)c3cc(Cl)ccc3OC)C2c2ccc(CC)cc2)c1. The van der Waals surface area contributed by atoms with Crippen molar-refractivity contribution in [1.82, 2.24) is 0 Å². The van der Waals surface area contributed by atoms with Crippen molar-refractivity contribution in [3.8, 4) is 11.5 Å². The van der Waals surface area contributed by atoms with Gasteiger partial charge in [0, 0.05) is 16.8 Å². The standard InChI is InChI=1S/C29H28ClNO5/c1-4-15-36-22-8-6-7-21(17-22)31-26(19-11-9-18(5-2)10-12-19)25(28(33)29(31)34)27(32)23-16-20(30)13-14-24(23)35-3/h6-14,16-17,26,32H,4-5,15H2,1-3H3/b27-25+. The van der Waals surface area contributed by atoms with Crippen LogP contribution in [0.15, 0.2) is 72.3 Å². The molecule has 1 atom stereocenters. The summed E-state index contributed by atoms with van der Waals surface area (Å²) in [7, 11) is 1.46. The van der Waals surface area contributed by atoms with E-state index in [-0.39, 0.29) is 16.9 Å². The fraction of sp³-hybridized carbons (Fsp3) is 0.241. The number of amides is 1. The zero-order chi connectivity index (χ0) is 25.8. The molecule has 0 radical (unpaired) electrons. The van der Waals surface area contributed by atoms with Gasteiger partial charge >= 0.3 is 0 Å². The fourth-order valence-electron chi connectivity index (χ4n) is 4.30. The second kappa shape index (κ2) is 10.9. The molecule has 1 amide bonds. The Balaban J connectivity index is 1.93. The maximum absolute atomic E-state index is 13.4. The number of halogens is 1. The number of carbonyl (C=O) groups is 2. The number of ketones is 1. The first-order valence-corrected chi connectivity index (χ1v) is 12.2. The molecule has 6 nitrogen and oxygen atoms in total. The molecule has 1 aliphatic rings. The Kier molecular flexibility index (Phi) is 7.65. The van der Waals surface area contributed by atoms with E-state index in [9.17, 15) is 14.7 Å². The molecule has 1 heterocycles.